The predicted octanol–water partition coefficient (Wildman–Crippen LogP) is 3.24. The van der Waals surface area contributed by atoms with Crippen LogP contribution in [0.2, 0.25) is 0 Å². The van der Waals surface area contributed by atoms with E-state index in [-0.39, 0.29) is 5.75 Å². The minimum absolute atomic E-state index is 0.202. The van der Waals surface area contributed by atoms with Crippen LogP contribution >= 0.6 is 0 Å². The Hall–Kier alpha value is -2.40. The van der Waals surface area contributed by atoms with Crippen molar-refractivity contribution in [2.24, 2.45) is 0 Å². The number of aromatic nitrogens is 1. The van der Waals surface area contributed by atoms with Crippen molar-refractivity contribution in [2.75, 3.05) is 12.9 Å². The summed E-state index contributed by atoms with van der Waals surface area (Å²) in [7, 11) is -1.50. The Labute approximate surface area is 134 Å². The average Bonchev–Trinajstić information content (AvgIpc) is 2.88. The lowest BCUT2D eigenvalue weighted by atomic mass is 9.99. The summed E-state index contributed by atoms with van der Waals surface area (Å²) in [5.41, 5.74) is 3.70. The largest absolute Gasteiger partial charge is 0.481 e. The van der Waals surface area contributed by atoms with Gasteiger partial charge in [-0.05, 0) is 35.7 Å². The van der Waals surface area contributed by atoms with Crippen molar-refractivity contribution in [1.29, 1.82) is 0 Å². The van der Waals surface area contributed by atoms with E-state index in [1.807, 2.05) is 42.5 Å². The number of methoxy groups -OCH3 is 1. The third kappa shape index (κ3) is 2.28. The molecule has 0 saturated heterocycles. The van der Waals surface area contributed by atoms with Crippen LogP contribution in [0.15, 0.2) is 53.4 Å². The molecule has 1 aliphatic heterocycles. The lowest BCUT2D eigenvalue weighted by Gasteiger charge is -2.09. The van der Waals surface area contributed by atoms with Gasteiger partial charge in [0.05, 0.1) is 23.3 Å². The molecule has 23 heavy (non-hydrogen) atoms. The molecule has 0 aliphatic carbocycles. The monoisotopic (exact) mass is 325 g/mol. The topological polar surface area (TPSA) is 56.3 Å². The fraction of sp³-hybridized carbons (Fsp3) is 0.167. The van der Waals surface area contributed by atoms with Gasteiger partial charge in [0.25, 0.3) is 0 Å². The van der Waals surface area contributed by atoms with E-state index in [4.69, 9.17) is 4.74 Å². The molecule has 5 heteroatoms. The second-order valence-electron chi connectivity index (χ2n) is 5.62. The molecule has 0 saturated carbocycles. The van der Waals surface area contributed by atoms with Gasteiger partial charge in [0.1, 0.15) is 0 Å². The van der Waals surface area contributed by atoms with Crippen molar-refractivity contribution in [1.82, 2.24) is 4.98 Å². The molecule has 0 unspecified atom stereocenters. The molecule has 1 aromatic heterocycles. The highest BCUT2D eigenvalue weighted by Crippen LogP contribution is 2.33. The first kappa shape index (κ1) is 14.2. The van der Waals surface area contributed by atoms with Crippen LogP contribution in [0, 0.1) is 0 Å². The standard InChI is InChI=1S/C18H15NO3S/c1-22-17-8-6-12-3-2-4-15(18(12)19-17)13-5-7-16-14(11-13)9-10-23(16,20)21/h2-8,11H,9-10H2,1H3. The normalized spacial score (nSPS) is 15.5. The first-order valence-corrected chi connectivity index (χ1v) is 9.03. The van der Waals surface area contributed by atoms with Gasteiger partial charge in [0.15, 0.2) is 9.84 Å². The number of ether oxygens (including phenoxy) is 1. The lowest BCUT2D eigenvalue weighted by molar-refractivity contribution is 0.399. The molecule has 2 heterocycles. The fourth-order valence-corrected chi connectivity index (χ4v) is 4.62. The minimum Gasteiger partial charge on any atom is -0.481 e. The van der Waals surface area contributed by atoms with Crippen molar-refractivity contribution in [3.8, 4) is 17.0 Å². The first-order valence-electron chi connectivity index (χ1n) is 7.38. The number of nitrogens with zero attached hydrogens (tertiary/aromatic N) is 1. The zero-order valence-corrected chi connectivity index (χ0v) is 13.4. The van der Waals surface area contributed by atoms with Crippen LogP contribution in [-0.4, -0.2) is 26.3 Å². The van der Waals surface area contributed by atoms with Crippen molar-refractivity contribution in [3.05, 3.63) is 54.1 Å². The second-order valence-corrected chi connectivity index (χ2v) is 7.70. The number of benzene rings is 2. The summed E-state index contributed by atoms with van der Waals surface area (Å²) < 4.78 is 29.2. The number of hydrogen-bond donors (Lipinski definition) is 0. The van der Waals surface area contributed by atoms with E-state index >= 15 is 0 Å². The molecule has 4 rings (SSSR count). The van der Waals surface area contributed by atoms with Gasteiger partial charge in [-0.1, -0.05) is 24.3 Å². The molecular formula is C18H15NO3S. The third-order valence-corrected chi connectivity index (χ3v) is 6.06. The van der Waals surface area contributed by atoms with Crippen LogP contribution < -0.4 is 4.74 Å². The van der Waals surface area contributed by atoms with Crippen LogP contribution in [0.4, 0.5) is 0 Å². The van der Waals surface area contributed by atoms with Crippen LogP contribution in [0.25, 0.3) is 22.0 Å². The van der Waals surface area contributed by atoms with Gasteiger partial charge < -0.3 is 4.74 Å². The van der Waals surface area contributed by atoms with Gasteiger partial charge in [-0.25, -0.2) is 13.4 Å². The predicted molar refractivity (Wildman–Crippen MR) is 89.5 cm³/mol. The summed E-state index contributed by atoms with van der Waals surface area (Å²) in [6, 6.07) is 15.3. The van der Waals surface area contributed by atoms with E-state index < -0.39 is 9.84 Å². The molecule has 0 atom stereocenters. The Morgan fingerprint density at radius 1 is 1.09 bits per heavy atom. The number of aryl methyl sites for hydroxylation is 1. The van der Waals surface area contributed by atoms with Crippen LogP contribution in [0.1, 0.15) is 5.56 Å². The molecule has 4 nitrogen and oxygen atoms in total. The molecular weight excluding hydrogens is 310 g/mol. The van der Waals surface area contributed by atoms with Crippen molar-refractivity contribution in [3.63, 3.8) is 0 Å². The summed E-state index contributed by atoms with van der Waals surface area (Å²) in [4.78, 5) is 5.02. The number of rotatable bonds is 2. The third-order valence-electron chi connectivity index (χ3n) is 4.25. The van der Waals surface area contributed by atoms with Gasteiger partial charge in [0, 0.05) is 17.0 Å². The Morgan fingerprint density at radius 2 is 1.96 bits per heavy atom. The minimum atomic E-state index is -3.09. The maximum absolute atomic E-state index is 12.0. The van der Waals surface area contributed by atoms with E-state index in [9.17, 15) is 8.42 Å². The highest BCUT2D eigenvalue weighted by atomic mass is 32.2. The zero-order chi connectivity index (χ0) is 16.0. The Morgan fingerprint density at radius 3 is 2.78 bits per heavy atom. The van der Waals surface area contributed by atoms with E-state index in [0.29, 0.717) is 17.2 Å². The first-order chi connectivity index (χ1) is 11.1. The SMILES string of the molecule is COc1ccc2cccc(-c3ccc4c(c3)CCS4(=O)=O)c2n1. The van der Waals surface area contributed by atoms with Crippen LogP contribution in [0.3, 0.4) is 0 Å². The van der Waals surface area contributed by atoms with Gasteiger partial charge >= 0.3 is 0 Å². The summed E-state index contributed by atoms with van der Waals surface area (Å²) in [5.74, 6) is 0.765. The molecule has 2 aromatic carbocycles. The number of para-hydroxylation sites is 1. The maximum atomic E-state index is 12.0. The molecule has 0 bridgehead atoms. The van der Waals surface area contributed by atoms with Gasteiger partial charge in [0.2, 0.25) is 5.88 Å². The van der Waals surface area contributed by atoms with Crippen LogP contribution in [-0.2, 0) is 16.3 Å². The molecule has 0 amide bonds. The summed E-state index contributed by atoms with van der Waals surface area (Å²) >= 11 is 0. The maximum Gasteiger partial charge on any atom is 0.213 e. The van der Waals surface area contributed by atoms with E-state index in [1.54, 1.807) is 13.2 Å². The second kappa shape index (κ2) is 5.06. The van der Waals surface area contributed by atoms with Gasteiger partial charge in [-0.3, -0.25) is 0 Å². The van der Waals surface area contributed by atoms with E-state index in [0.717, 1.165) is 27.6 Å². The lowest BCUT2D eigenvalue weighted by Crippen LogP contribution is -1.98. The van der Waals surface area contributed by atoms with E-state index in [1.165, 1.54) is 0 Å². The average molecular weight is 325 g/mol. The summed E-state index contributed by atoms with van der Waals surface area (Å²) in [6.07, 6.45) is 0.576. The Balaban J connectivity index is 1.93. The molecule has 116 valence electrons. The number of sulfone groups is 1. The molecule has 0 fully saturated rings. The van der Waals surface area contributed by atoms with Gasteiger partial charge in [-0.2, -0.15) is 0 Å². The number of pyridine rings is 1. The van der Waals surface area contributed by atoms with Crippen molar-refractivity contribution in [2.45, 2.75) is 11.3 Å². The zero-order valence-electron chi connectivity index (χ0n) is 12.6. The number of hydrogen-bond acceptors (Lipinski definition) is 4. The smallest absolute Gasteiger partial charge is 0.213 e. The highest BCUT2D eigenvalue weighted by Gasteiger charge is 2.26. The Kier molecular flexibility index (Phi) is 3.13. The molecule has 0 N–H and O–H groups in total. The Bertz CT molecular complexity index is 1030. The summed E-state index contributed by atoms with van der Waals surface area (Å²) in [6.45, 7) is 0. The van der Waals surface area contributed by atoms with Crippen molar-refractivity contribution >= 4 is 20.7 Å². The molecule has 0 spiro atoms. The van der Waals surface area contributed by atoms with Crippen LogP contribution in [0.5, 0.6) is 5.88 Å². The highest BCUT2D eigenvalue weighted by molar-refractivity contribution is 7.91. The molecule has 0 radical (unpaired) electrons. The fourth-order valence-electron chi connectivity index (χ4n) is 3.08. The van der Waals surface area contributed by atoms with Gasteiger partial charge in [-0.15, -0.1) is 0 Å². The quantitative estimate of drug-likeness (QED) is 0.726. The number of fused-ring (bicyclic) bond motifs is 2. The molecule has 3 aromatic rings. The molecule has 1 aliphatic rings. The van der Waals surface area contributed by atoms with E-state index in [2.05, 4.69) is 4.98 Å². The van der Waals surface area contributed by atoms with Crippen molar-refractivity contribution < 1.29 is 13.2 Å². The summed E-state index contributed by atoms with van der Waals surface area (Å²) in [5, 5.41) is 1.02.